The minimum absolute atomic E-state index is 0.693. The molecule has 0 aromatic rings. The zero-order valence-corrected chi connectivity index (χ0v) is 18.7. The van der Waals surface area contributed by atoms with Crippen LogP contribution in [0.2, 0.25) is 0 Å². The van der Waals surface area contributed by atoms with Gasteiger partial charge in [0.1, 0.15) is 0 Å². The lowest BCUT2D eigenvalue weighted by atomic mass is 9.78. The van der Waals surface area contributed by atoms with E-state index in [1.165, 1.54) is 70.9 Å². The Labute approximate surface area is 160 Å². The Morgan fingerprint density at radius 2 is 1.44 bits per heavy atom. The quantitative estimate of drug-likeness (QED) is 0.354. The summed E-state index contributed by atoms with van der Waals surface area (Å²) < 4.78 is 0. The van der Waals surface area contributed by atoms with Gasteiger partial charge in [-0.15, -0.1) is 0 Å². The van der Waals surface area contributed by atoms with Crippen LogP contribution in [0.4, 0.5) is 0 Å². The van der Waals surface area contributed by atoms with Crippen LogP contribution in [-0.4, -0.2) is 24.0 Å². The lowest BCUT2D eigenvalue weighted by Gasteiger charge is -2.36. The molecule has 150 valence electrons. The van der Waals surface area contributed by atoms with Gasteiger partial charge in [-0.3, -0.25) is 0 Å². The summed E-state index contributed by atoms with van der Waals surface area (Å²) >= 11 is 0. The molecule has 2 unspecified atom stereocenters. The second kappa shape index (κ2) is 12.4. The molecule has 0 bridgehead atoms. The van der Waals surface area contributed by atoms with Crippen molar-refractivity contribution in [3.63, 3.8) is 0 Å². The maximum absolute atomic E-state index is 2.77. The first-order valence-corrected chi connectivity index (χ1v) is 11.6. The van der Waals surface area contributed by atoms with Crippen LogP contribution < -0.4 is 0 Å². The minimum Gasteiger partial charge on any atom is -0.300 e. The standard InChI is InChI=1S/C24H49N/c1-8-9-10-21(6)11-12-23-13-15-24(16-14-23)18-25(20(4)5)17-22(7)19(2)3/h19-24H,8-18H2,1-7H3. The SMILES string of the molecule is CCCCC(C)CCC1CCC(CN(CC(C)C(C)C)C(C)C)CC1. The molecule has 25 heavy (non-hydrogen) atoms. The summed E-state index contributed by atoms with van der Waals surface area (Å²) in [4.78, 5) is 2.77. The van der Waals surface area contributed by atoms with Gasteiger partial charge >= 0.3 is 0 Å². The van der Waals surface area contributed by atoms with Crippen molar-refractivity contribution in [3.05, 3.63) is 0 Å². The molecule has 1 rings (SSSR count). The van der Waals surface area contributed by atoms with Gasteiger partial charge in [0.05, 0.1) is 0 Å². The van der Waals surface area contributed by atoms with Gasteiger partial charge in [-0.25, -0.2) is 0 Å². The van der Waals surface area contributed by atoms with Gasteiger partial charge in [0, 0.05) is 19.1 Å². The topological polar surface area (TPSA) is 3.24 Å². The molecule has 1 heteroatoms. The molecule has 0 amide bonds. The first-order chi connectivity index (χ1) is 11.8. The van der Waals surface area contributed by atoms with Gasteiger partial charge in [0.25, 0.3) is 0 Å². The van der Waals surface area contributed by atoms with Crippen molar-refractivity contribution < 1.29 is 0 Å². The zero-order chi connectivity index (χ0) is 18.8. The van der Waals surface area contributed by atoms with Gasteiger partial charge < -0.3 is 4.90 Å². The molecule has 0 radical (unpaired) electrons. The third-order valence-electron chi connectivity index (χ3n) is 6.97. The molecule has 0 saturated heterocycles. The molecule has 0 heterocycles. The van der Waals surface area contributed by atoms with E-state index in [9.17, 15) is 0 Å². The Morgan fingerprint density at radius 3 is 1.96 bits per heavy atom. The fraction of sp³-hybridized carbons (Fsp3) is 1.00. The normalized spacial score (nSPS) is 24.2. The highest BCUT2D eigenvalue weighted by molar-refractivity contribution is 4.78. The van der Waals surface area contributed by atoms with Gasteiger partial charge in [-0.2, -0.15) is 0 Å². The Morgan fingerprint density at radius 1 is 0.840 bits per heavy atom. The molecule has 0 N–H and O–H groups in total. The van der Waals surface area contributed by atoms with E-state index in [2.05, 4.69) is 53.4 Å². The summed E-state index contributed by atoms with van der Waals surface area (Å²) in [5.41, 5.74) is 0. The van der Waals surface area contributed by atoms with Gasteiger partial charge in [0.15, 0.2) is 0 Å². The lowest BCUT2D eigenvalue weighted by Crippen LogP contribution is -2.40. The van der Waals surface area contributed by atoms with E-state index in [-0.39, 0.29) is 0 Å². The first-order valence-electron chi connectivity index (χ1n) is 11.6. The Bertz CT molecular complexity index is 314. The number of hydrogen-bond acceptors (Lipinski definition) is 1. The van der Waals surface area contributed by atoms with Crippen LogP contribution in [0.1, 0.15) is 106 Å². The maximum Gasteiger partial charge on any atom is 0.00388 e. The van der Waals surface area contributed by atoms with Crippen LogP contribution in [0.15, 0.2) is 0 Å². The van der Waals surface area contributed by atoms with Crippen molar-refractivity contribution in [2.45, 2.75) is 112 Å². The Kier molecular flexibility index (Phi) is 11.4. The second-order valence-corrected chi connectivity index (χ2v) is 9.98. The van der Waals surface area contributed by atoms with Gasteiger partial charge in [-0.05, 0) is 56.3 Å². The van der Waals surface area contributed by atoms with Gasteiger partial charge in [-0.1, -0.05) is 79.6 Å². The highest BCUT2D eigenvalue weighted by atomic mass is 15.1. The summed E-state index contributed by atoms with van der Waals surface area (Å²) in [6.07, 6.45) is 13.2. The second-order valence-electron chi connectivity index (χ2n) is 9.98. The maximum atomic E-state index is 2.77. The largest absolute Gasteiger partial charge is 0.300 e. The van der Waals surface area contributed by atoms with Crippen molar-refractivity contribution in [2.75, 3.05) is 13.1 Å². The highest BCUT2D eigenvalue weighted by Gasteiger charge is 2.25. The van der Waals surface area contributed by atoms with E-state index >= 15 is 0 Å². The average molecular weight is 352 g/mol. The van der Waals surface area contributed by atoms with Crippen molar-refractivity contribution in [1.29, 1.82) is 0 Å². The zero-order valence-electron chi connectivity index (χ0n) is 18.7. The number of nitrogens with zero attached hydrogens (tertiary/aromatic N) is 1. The molecule has 1 nitrogen and oxygen atoms in total. The number of rotatable bonds is 12. The van der Waals surface area contributed by atoms with Crippen LogP contribution in [0, 0.1) is 29.6 Å². The fourth-order valence-corrected chi connectivity index (χ4v) is 4.33. The molecule has 0 aromatic heterocycles. The van der Waals surface area contributed by atoms with Crippen molar-refractivity contribution in [2.24, 2.45) is 29.6 Å². The number of hydrogen-bond donors (Lipinski definition) is 0. The van der Waals surface area contributed by atoms with Crippen LogP contribution in [-0.2, 0) is 0 Å². The molecule has 1 aliphatic rings. The Balaban J connectivity index is 2.30. The van der Waals surface area contributed by atoms with Gasteiger partial charge in [0.2, 0.25) is 0 Å². The lowest BCUT2D eigenvalue weighted by molar-refractivity contribution is 0.123. The summed E-state index contributed by atoms with van der Waals surface area (Å²) in [5.74, 6) is 4.54. The summed E-state index contributed by atoms with van der Waals surface area (Å²) in [5, 5.41) is 0. The predicted octanol–water partition coefficient (Wildman–Crippen LogP) is 7.40. The van der Waals surface area contributed by atoms with E-state index in [1.54, 1.807) is 0 Å². The van der Waals surface area contributed by atoms with Crippen molar-refractivity contribution >= 4 is 0 Å². The molecule has 1 fully saturated rings. The molecule has 0 aliphatic heterocycles. The van der Waals surface area contributed by atoms with E-state index in [1.807, 2.05) is 0 Å². The van der Waals surface area contributed by atoms with Crippen LogP contribution in [0.5, 0.6) is 0 Å². The molecule has 0 aromatic carbocycles. The average Bonchev–Trinajstić information content (AvgIpc) is 2.58. The third-order valence-corrected chi connectivity index (χ3v) is 6.97. The monoisotopic (exact) mass is 351 g/mol. The van der Waals surface area contributed by atoms with E-state index < -0.39 is 0 Å². The predicted molar refractivity (Wildman–Crippen MR) is 114 cm³/mol. The molecule has 1 saturated carbocycles. The highest BCUT2D eigenvalue weighted by Crippen LogP contribution is 2.33. The number of unbranched alkanes of at least 4 members (excludes halogenated alkanes) is 1. The molecule has 1 aliphatic carbocycles. The smallest absolute Gasteiger partial charge is 0.00388 e. The van der Waals surface area contributed by atoms with Crippen LogP contribution in [0.3, 0.4) is 0 Å². The molecular weight excluding hydrogens is 302 g/mol. The van der Waals surface area contributed by atoms with Crippen LogP contribution >= 0.6 is 0 Å². The first kappa shape index (κ1) is 23.0. The van der Waals surface area contributed by atoms with Crippen LogP contribution in [0.25, 0.3) is 0 Å². The minimum atomic E-state index is 0.693. The molecule has 0 spiro atoms. The summed E-state index contributed by atoms with van der Waals surface area (Å²) in [6.45, 7) is 19.3. The van der Waals surface area contributed by atoms with Crippen molar-refractivity contribution in [1.82, 2.24) is 4.90 Å². The molecular formula is C24H49N. The Hall–Kier alpha value is -0.0400. The van der Waals surface area contributed by atoms with E-state index in [0.717, 1.165) is 29.6 Å². The molecule has 2 atom stereocenters. The third kappa shape index (κ3) is 9.45. The van der Waals surface area contributed by atoms with E-state index in [4.69, 9.17) is 0 Å². The van der Waals surface area contributed by atoms with E-state index in [0.29, 0.717) is 6.04 Å². The van der Waals surface area contributed by atoms with Crippen molar-refractivity contribution in [3.8, 4) is 0 Å². The summed E-state index contributed by atoms with van der Waals surface area (Å²) in [7, 11) is 0. The fourth-order valence-electron chi connectivity index (χ4n) is 4.33. The summed E-state index contributed by atoms with van der Waals surface area (Å²) in [6, 6.07) is 0.693.